The molecule has 1 aliphatic heterocycles. The molecule has 0 bridgehead atoms. The summed E-state index contributed by atoms with van der Waals surface area (Å²) in [6.07, 6.45) is -0.568. The monoisotopic (exact) mass is 322 g/mol. The largest absolute Gasteiger partial charge is 0.307 e. The summed E-state index contributed by atoms with van der Waals surface area (Å²) in [6, 6.07) is 3.79. The van der Waals surface area contributed by atoms with E-state index in [1.807, 2.05) is 0 Å². The van der Waals surface area contributed by atoms with Crippen molar-refractivity contribution in [2.24, 2.45) is 0 Å². The first kappa shape index (κ1) is 14.7. The van der Waals surface area contributed by atoms with Crippen molar-refractivity contribution < 1.29 is 22.0 Å². The number of nitro groups is 1. The Bertz CT molecular complexity index is 693. The predicted octanol–water partition coefficient (Wildman–Crippen LogP) is 1.65. The number of carbonyl (C=O) groups is 1. The number of para-hydroxylation sites is 1. The highest BCUT2D eigenvalue weighted by Crippen LogP contribution is 2.38. The Morgan fingerprint density at radius 2 is 2.10 bits per heavy atom. The second-order valence-corrected chi connectivity index (χ2v) is 6.20. The number of carbonyl (C=O) groups excluding carboxylic acids is 1. The van der Waals surface area contributed by atoms with Gasteiger partial charge in [-0.3, -0.25) is 14.9 Å². The maximum atomic E-state index is 12.9. The van der Waals surface area contributed by atoms with Gasteiger partial charge >= 0.3 is 10.2 Å². The summed E-state index contributed by atoms with van der Waals surface area (Å²) in [5, 5.41) is 9.32. The van der Waals surface area contributed by atoms with E-state index in [2.05, 4.69) is 0 Å². The molecule has 1 saturated heterocycles. The molecule has 0 aliphatic carbocycles. The molecule has 1 heterocycles. The first-order valence-electron chi connectivity index (χ1n) is 5.38. The number of nitro benzene ring substituents is 1. The zero-order valence-corrected chi connectivity index (χ0v) is 11.4. The van der Waals surface area contributed by atoms with Crippen LogP contribution in [-0.4, -0.2) is 31.0 Å². The number of anilines is 1. The van der Waals surface area contributed by atoms with Crippen LogP contribution in [0.5, 0.6) is 0 Å². The van der Waals surface area contributed by atoms with Gasteiger partial charge in [0, 0.05) is 19.0 Å². The number of amides is 1. The van der Waals surface area contributed by atoms with E-state index < -0.39 is 45.0 Å². The van der Waals surface area contributed by atoms with E-state index >= 15 is 0 Å². The lowest BCUT2D eigenvalue weighted by atomic mass is 10.2. The number of hydrogen-bond donors (Lipinski definition) is 0. The Kier molecular flexibility index (Phi) is 3.65. The molecule has 1 amide bonds. The van der Waals surface area contributed by atoms with Crippen LogP contribution in [0, 0.1) is 10.1 Å². The van der Waals surface area contributed by atoms with E-state index in [9.17, 15) is 27.2 Å². The molecule has 20 heavy (non-hydrogen) atoms. The molecule has 0 spiro atoms. The van der Waals surface area contributed by atoms with Crippen LogP contribution in [0.3, 0.4) is 0 Å². The van der Waals surface area contributed by atoms with Gasteiger partial charge in [-0.25, -0.2) is 0 Å². The maximum absolute atomic E-state index is 12.9. The third-order valence-corrected chi connectivity index (χ3v) is 4.34. The van der Waals surface area contributed by atoms with Gasteiger partial charge in [0.05, 0.1) is 9.95 Å². The Hall–Kier alpha value is -1.74. The van der Waals surface area contributed by atoms with Crippen LogP contribution in [0.15, 0.2) is 18.2 Å². The van der Waals surface area contributed by atoms with Gasteiger partial charge in [0.1, 0.15) is 10.9 Å². The summed E-state index contributed by atoms with van der Waals surface area (Å²) in [5.74, 6) is -0.729. The summed E-state index contributed by atoms with van der Waals surface area (Å²) in [5.41, 5.74) is -0.655. The van der Waals surface area contributed by atoms with E-state index in [0.717, 1.165) is 11.0 Å². The first-order chi connectivity index (χ1) is 9.21. The topological polar surface area (TPSA) is 97.6 Å². The van der Waals surface area contributed by atoms with E-state index in [4.69, 9.17) is 11.6 Å². The van der Waals surface area contributed by atoms with Gasteiger partial charge in [-0.15, -0.1) is 3.89 Å². The van der Waals surface area contributed by atoms with Gasteiger partial charge in [-0.2, -0.15) is 8.42 Å². The molecular formula is C10H8ClFN2O5S. The van der Waals surface area contributed by atoms with Crippen LogP contribution in [0.2, 0.25) is 5.02 Å². The Morgan fingerprint density at radius 1 is 1.45 bits per heavy atom. The van der Waals surface area contributed by atoms with Crippen LogP contribution in [0.25, 0.3) is 0 Å². The average Bonchev–Trinajstić information content (AvgIpc) is 2.70. The molecule has 108 valence electrons. The van der Waals surface area contributed by atoms with Gasteiger partial charge in [-0.05, 0) is 6.07 Å². The van der Waals surface area contributed by atoms with Crippen LogP contribution in [-0.2, 0) is 15.0 Å². The molecule has 0 N–H and O–H groups in total. The molecule has 0 aromatic heterocycles. The highest BCUT2D eigenvalue weighted by molar-refractivity contribution is 7.87. The predicted molar refractivity (Wildman–Crippen MR) is 68.9 cm³/mol. The second kappa shape index (κ2) is 4.98. The molecule has 2 rings (SSSR count). The average molecular weight is 323 g/mol. The zero-order chi connectivity index (χ0) is 15.1. The minimum absolute atomic E-state index is 0.0792. The molecule has 1 aromatic carbocycles. The van der Waals surface area contributed by atoms with Crippen molar-refractivity contribution in [1.29, 1.82) is 0 Å². The van der Waals surface area contributed by atoms with E-state index in [1.54, 1.807) is 0 Å². The highest BCUT2D eigenvalue weighted by atomic mass is 35.5. The number of nitrogens with zero attached hydrogens (tertiary/aromatic N) is 2. The Balaban J connectivity index is 2.48. The summed E-state index contributed by atoms with van der Waals surface area (Å²) in [6.45, 7) is -0.498. The number of benzene rings is 1. The van der Waals surface area contributed by atoms with Gasteiger partial charge in [-0.1, -0.05) is 17.7 Å². The molecular weight excluding hydrogens is 315 g/mol. The van der Waals surface area contributed by atoms with Crippen LogP contribution in [0.4, 0.5) is 15.3 Å². The van der Waals surface area contributed by atoms with E-state index in [-0.39, 0.29) is 10.7 Å². The lowest BCUT2D eigenvalue weighted by molar-refractivity contribution is -0.384. The van der Waals surface area contributed by atoms with Crippen LogP contribution >= 0.6 is 11.6 Å². The normalized spacial score (nSPS) is 19.4. The van der Waals surface area contributed by atoms with E-state index in [0.29, 0.717) is 0 Å². The number of rotatable bonds is 3. The van der Waals surface area contributed by atoms with Crippen molar-refractivity contribution in [3.05, 3.63) is 33.3 Å². The van der Waals surface area contributed by atoms with Gasteiger partial charge in [0.25, 0.3) is 5.69 Å². The Morgan fingerprint density at radius 3 is 2.60 bits per heavy atom. The van der Waals surface area contributed by atoms with Crippen LogP contribution in [0.1, 0.15) is 6.42 Å². The van der Waals surface area contributed by atoms with Crippen molar-refractivity contribution in [2.45, 2.75) is 11.7 Å². The molecule has 1 aliphatic rings. The molecule has 1 unspecified atom stereocenters. The first-order valence-corrected chi connectivity index (χ1v) is 7.21. The Labute approximate surface area is 118 Å². The van der Waals surface area contributed by atoms with Gasteiger partial charge in [0.2, 0.25) is 5.91 Å². The van der Waals surface area contributed by atoms with Crippen molar-refractivity contribution in [2.75, 3.05) is 11.4 Å². The van der Waals surface area contributed by atoms with Crippen molar-refractivity contribution in [1.82, 2.24) is 0 Å². The molecule has 0 saturated carbocycles. The third kappa shape index (κ3) is 2.59. The quantitative estimate of drug-likeness (QED) is 0.479. The van der Waals surface area contributed by atoms with Crippen LogP contribution < -0.4 is 4.90 Å². The highest BCUT2D eigenvalue weighted by Gasteiger charge is 2.41. The molecule has 1 fully saturated rings. The summed E-state index contributed by atoms with van der Waals surface area (Å²) >= 11 is 5.84. The molecule has 0 radical (unpaired) electrons. The SMILES string of the molecule is O=C1CC(S(=O)(=O)F)CN1c1c(Cl)cccc1[N+](=O)[O-]. The third-order valence-electron chi connectivity index (χ3n) is 2.92. The fourth-order valence-electron chi connectivity index (χ4n) is 2.00. The van der Waals surface area contributed by atoms with Crippen molar-refractivity contribution >= 4 is 39.1 Å². The van der Waals surface area contributed by atoms with Crippen molar-refractivity contribution in [3.8, 4) is 0 Å². The van der Waals surface area contributed by atoms with Crippen molar-refractivity contribution in [3.63, 3.8) is 0 Å². The van der Waals surface area contributed by atoms with Gasteiger partial charge in [0.15, 0.2) is 0 Å². The summed E-state index contributed by atoms with van der Waals surface area (Å²) in [4.78, 5) is 22.8. The zero-order valence-electron chi connectivity index (χ0n) is 9.82. The molecule has 1 atom stereocenters. The smallest absolute Gasteiger partial charge is 0.304 e. The van der Waals surface area contributed by atoms with E-state index in [1.165, 1.54) is 12.1 Å². The number of halogens is 2. The lowest BCUT2D eigenvalue weighted by Gasteiger charge is -2.17. The maximum Gasteiger partial charge on any atom is 0.307 e. The van der Waals surface area contributed by atoms with Gasteiger partial charge < -0.3 is 4.90 Å². The fourth-order valence-corrected chi connectivity index (χ4v) is 2.94. The fraction of sp³-hybridized carbons (Fsp3) is 0.300. The minimum atomic E-state index is -4.90. The standard InChI is InChI=1S/C10H8ClFN2O5S/c11-7-2-1-3-8(14(16)17)10(7)13-5-6(4-9(13)15)20(12,18)19/h1-3,6H,4-5H2. The molecule has 7 nitrogen and oxygen atoms in total. The minimum Gasteiger partial charge on any atom is -0.304 e. The number of hydrogen-bond acceptors (Lipinski definition) is 5. The summed E-state index contributed by atoms with van der Waals surface area (Å²) < 4.78 is 34.6. The second-order valence-electron chi connectivity index (χ2n) is 4.17. The summed E-state index contributed by atoms with van der Waals surface area (Å²) in [7, 11) is -4.90. The lowest BCUT2D eigenvalue weighted by Crippen LogP contribution is -2.27. The molecule has 1 aromatic rings. The molecule has 10 heteroatoms.